The van der Waals surface area contributed by atoms with Gasteiger partial charge >= 0.3 is 0 Å². The van der Waals surface area contributed by atoms with Crippen LogP contribution >= 0.6 is 0 Å². The fourth-order valence-electron chi connectivity index (χ4n) is 1.79. The number of aromatic nitrogens is 1. The third-order valence-electron chi connectivity index (χ3n) is 2.83. The van der Waals surface area contributed by atoms with Gasteiger partial charge in [0.15, 0.2) is 0 Å². The van der Waals surface area contributed by atoms with Gasteiger partial charge in [-0.05, 0) is 48.7 Å². The van der Waals surface area contributed by atoms with Crippen molar-refractivity contribution in [1.82, 2.24) is 4.98 Å². The Labute approximate surface area is 107 Å². The average Bonchev–Trinajstić information content (AvgIpc) is 2.46. The van der Waals surface area contributed by atoms with Crippen LogP contribution in [-0.2, 0) is 6.42 Å². The fourth-order valence-corrected chi connectivity index (χ4v) is 1.79. The van der Waals surface area contributed by atoms with Crippen molar-refractivity contribution < 1.29 is 9.84 Å². The lowest BCUT2D eigenvalue weighted by Crippen LogP contribution is -1.91. The molecule has 0 aliphatic heterocycles. The zero-order valence-electron chi connectivity index (χ0n) is 10.5. The van der Waals surface area contributed by atoms with Crippen molar-refractivity contribution in [2.45, 2.75) is 12.8 Å². The molecule has 0 aliphatic carbocycles. The smallest absolute Gasteiger partial charge is 0.118 e. The highest BCUT2D eigenvalue weighted by atomic mass is 16.5. The summed E-state index contributed by atoms with van der Waals surface area (Å²) in [6.07, 6.45) is 3.52. The molecule has 0 unspecified atom stereocenters. The number of pyridine rings is 1. The lowest BCUT2D eigenvalue weighted by Gasteiger charge is -2.04. The number of hydrogen-bond donors (Lipinski definition) is 1. The molecule has 3 nitrogen and oxygen atoms in total. The van der Waals surface area contributed by atoms with Gasteiger partial charge in [-0.25, -0.2) is 0 Å². The van der Waals surface area contributed by atoms with Gasteiger partial charge in [0.05, 0.1) is 12.8 Å². The van der Waals surface area contributed by atoms with Crippen molar-refractivity contribution in [3.63, 3.8) is 0 Å². The van der Waals surface area contributed by atoms with E-state index in [9.17, 15) is 0 Å². The van der Waals surface area contributed by atoms with Crippen LogP contribution in [0.25, 0.3) is 11.3 Å². The molecule has 0 radical (unpaired) electrons. The first-order valence-corrected chi connectivity index (χ1v) is 6.03. The van der Waals surface area contributed by atoms with Crippen LogP contribution in [0.1, 0.15) is 12.0 Å². The maximum atomic E-state index is 8.78. The van der Waals surface area contributed by atoms with E-state index in [1.54, 1.807) is 7.11 Å². The van der Waals surface area contributed by atoms with Crippen molar-refractivity contribution in [3.8, 4) is 17.0 Å². The summed E-state index contributed by atoms with van der Waals surface area (Å²) >= 11 is 0. The normalized spacial score (nSPS) is 10.3. The molecule has 0 bridgehead atoms. The van der Waals surface area contributed by atoms with Gasteiger partial charge in [0.2, 0.25) is 0 Å². The largest absolute Gasteiger partial charge is 0.497 e. The Morgan fingerprint density at radius 2 is 1.89 bits per heavy atom. The number of benzene rings is 1. The summed E-state index contributed by atoms with van der Waals surface area (Å²) in [6.45, 7) is 0.222. The molecule has 2 aromatic rings. The van der Waals surface area contributed by atoms with Crippen LogP contribution in [0.3, 0.4) is 0 Å². The lowest BCUT2D eigenvalue weighted by molar-refractivity contribution is 0.288. The van der Waals surface area contributed by atoms with Crippen LogP contribution in [0.4, 0.5) is 0 Å². The highest BCUT2D eigenvalue weighted by Gasteiger charge is 2.00. The Kier molecular flexibility index (Phi) is 4.31. The minimum atomic E-state index is 0.222. The van der Waals surface area contributed by atoms with Crippen molar-refractivity contribution in [2.24, 2.45) is 0 Å². The first-order valence-electron chi connectivity index (χ1n) is 6.03. The Morgan fingerprint density at radius 1 is 1.11 bits per heavy atom. The molecule has 18 heavy (non-hydrogen) atoms. The number of rotatable bonds is 5. The van der Waals surface area contributed by atoms with E-state index >= 15 is 0 Å². The van der Waals surface area contributed by atoms with Gasteiger partial charge in [0.25, 0.3) is 0 Å². The number of aliphatic hydroxyl groups is 1. The quantitative estimate of drug-likeness (QED) is 0.878. The SMILES string of the molecule is COc1ccc(-c2ccc(CCCO)cn2)cc1. The molecule has 0 fully saturated rings. The highest BCUT2D eigenvalue weighted by molar-refractivity contribution is 5.60. The Morgan fingerprint density at radius 3 is 2.44 bits per heavy atom. The molecule has 0 atom stereocenters. The minimum Gasteiger partial charge on any atom is -0.497 e. The molecule has 0 saturated carbocycles. The summed E-state index contributed by atoms with van der Waals surface area (Å²) in [5.41, 5.74) is 3.18. The van der Waals surface area contributed by atoms with Crippen LogP contribution in [0.15, 0.2) is 42.6 Å². The van der Waals surface area contributed by atoms with E-state index in [4.69, 9.17) is 9.84 Å². The van der Waals surface area contributed by atoms with E-state index in [1.165, 1.54) is 0 Å². The van der Waals surface area contributed by atoms with E-state index in [0.29, 0.717) is 0 Å². The molecule has 2 rings (SSSR count). The second-order valence-electron chi connectivity index (χ2n) is 4.11. The van der Waals surface area contributed by atoms with Crippen molar-refractivity contribution in [3.05, 3.63) is 48.2 Å². The van der Waals surface area contributed by atoms with Crippen molar-refractivity contribution in [2.75, 3.05) is 13.7 Å². The van der Waals surface area contributed by atoms with E-state index in [0.717, 1.165) is 35.4 Å². The molecule has 0 amide bonds. The van der Waals surface area contributed by atoms with Crippen LogP contribution in [-0.4, -0.2) is 23.8 Å². The average molecular weight is 243 g/mol. The molecule has 1 aromatic carbocycles. The van der Waals surface area contributed by atoms with Gasteiger partial charge in [-0.3, -0.25) is 4.98 Å². The van der Waals surface area contributed by atoms with Crippen LogP contribution < -0.4 is 4.74 Å². The summed E-state index contributed by atoms with van der Waals surface area (Å²) in [7, 11) is 1.66. The molecule has 94 valence electrons. The second-order valence-corrected chi connectivity index (χ2v) is 4.11. The summed E-state index contributed by atoms with van der Waals surface area (Å²) in [6, 6.07) is 11.9. The molecule has 1 N–H and O–H groups in total. The number of hydrogen-bond acceptors (Lipinski definition) is 3. The van der Waals surface area contributed by atoms with Crippen LogP contribution in [0.5, 0.6) is 5.75 Å². The van der Waals surface area contributed by atoms with Crippen LogP contribution in [0, 0.1) is 0 Å². The predicted octanol–water partition coefficient (Wildman–Crippen LogP) is 2.68. The molecule has 1 heterocycles. The molecular formula is C15H17NO2. The zero-order chi connectivity index (χ0) is 12.8. The van der Waals surface area contributed by atoms with Gasteiger partial charge in [-0.1, -0.05) is 6.07 Å². The van der Waals surface area contributed by atoms with Crippen molar-refractivity contribution in [1.29, 1.82) is 0 Å². The summed E-state index contributed by atoms with van der Waals surface area (Å²) in [5.74, 6) is 0.846. The monoisotopic (exact) mass is 243 g/mol. The highest BCUT2D eigenvalue weighted by Crippen LogP contribution is 2.20. The first kappa shape index (κ1) is 12.6. The van der Waals surface area contributed by atoms with Gasteiger partial charge in [-0.2, -0.15) is 0 Å². The number of nitrogens with zero attached hydrogens (tertiary/aromatic N) is 1. The van der Waals surface area contributed by atoms with Gasteiger partial charge in [0.1, 0.15) is 5.75 Å². The molecular weight excluding hydrogens is 226 g/mol. The van der Waals surface area contributed by atoms with E-state index in [2.05, 4.69) is 11.1 Å². The van der Waals surface area contributed by atoms with E-state index < -0.39 is 0 Å². The predicted molar refractivity (Wildman–Crippen MR) is 71.6 cm³/mol. The van der Waals surface area contributed by atoms with Gasteiger partial charge in [-0.15, -0.1) is 0 Å². The standard InChI is InChI=1S/C15H17NO2/c1-18-14-7-5-13(6-8-14)15-9-4-12(11-16-15)3-2-10-17/h4-9,11,17H,2-3,10H2,1H3. The van der Waals surface area contributed by atoms with Gasteiger partial charge < -0.3 is 9.84 Å². The maximum Gasteiger partial charge on any atom is 0.118 e. The first-order chi connectivity index (χ1) is 8.83. The minimum absolute atomic E-state index is 0.222. The number of ether oxygens (including phenoxy) is 1. The van der Waals surface area contributed by atoms with Crippen LogP contribution in [0.2, 0.25) is 0 Å². The van der Waals surface area contributed by atoms with Gasteiger partial charge in [0, 0.05) is 18.4 Å². The molecule has 3 heteroatoms. The summed E-state index contributed by atoms with van der Waals surface area (Å²) < 4.78 is 5.12. The molecule has 0 saturated heterocycles. The lowest BCUT2D eigenvalue weighted by atomic mass is 10.1. The molecule has 0 aliphatic rings. The topological polar surface area (TPSA) is 42.4 Å². The Bertz CT molecular complexity index is 477. The second kappa shape index (κ2) is 6.17. The fraction of sp³-hybridized carbons (Fsp3) is 0.267. The number of aliphatic hydroxyl groups excluding tert-OH is 1. The third-order valence-corrected chi connectivity index (χ3v) is 2.83. The summed E-state index contributed by atoms with van der Waals surface area (Å²) in [5, 5.41) is 8.78. The molecule has 1 aromatic heterocycles. The summed E-state index contributed by atoms with van der Waals surface area (Å²) in [4.78, 5) is 4.43. The van der Waals surface area contributed by atoms with E-state index in [-0.39, 0.29) is 6.61 Å². The molecule has 0 spiro atoms. The number of methoxy groups -OCH3 is 1. The third kappa shape index (κ3) is 3.08. The van der Waals surface area contributed by atoms with Crippen molar-refractivity contribution >= 4 is 0 Å². The Hall–Kier alpha value is -1.87. The zero-order valence-corrected chi connectivity index (χ0v) is 10.5. The van der Waals surface area contributed by atoms with E-state index in [1.807, 2.05) is 36.5 Å². The Balaban J connectivity index is 2.12. The number of aryl methyl sites for hydroxylation is 1. The maximum absolute atomic E-state index is 8.78.